The van der Waals surface area contributed by atoms with Crippen LogP contribution in [0.4, 0.5) is 5.69 Å². The number of phenolic OH excluding ortho intramolecular Hbond substituents is 1. The summed E-state index contributed by atoms with van der Waals surface area (Å²) in [6.45, 7) is 1.94. The fourth-order valence-corrected chi connectivity index (χ4v) is 4.70. The largest absolute Gasteiger partial charge is 0.500 e. The van der Waals surface area contributed by atoms with Gasteiger partial charge in [0.25, 0.3) is 5.56 Å². The highest BCUT2D eigenvalue weighted by Gasteiger charge is 2.24. The second-order valence-electron chi connectivity index (χ2n) is 6.34. The lowest BCUT2D eigenvalue weighted by atomic mass is 9.97. The zero-order valence-electron chi connectivity index (χ0n) is 14.6. The van der Waals surface area contributed by atoms with E-state index in [-0.39, 0.29) is 23.7 Å². The number of H-pyrrole nitrogens is 1. The Bertz CT molecular complexity index is 1120. The van der Waals surface area contributed by atoms with Gasteiger partial charge in [-0.3, -0.25) is 14.9 Å². The van der Waals surface area contributed by atoms with Gasteiger partial charge in [0.05, 0.1) is 16.9 Å². The van der Waals surface area contributed by atoms with E-state index >= 15 is 0 Å². The molecule has 0 unspecified atom stereocenters. The summed E-state index contributed by atoms with van der Waals surface area (Å²) in [5, 5.41) is 21.9. The molecular formula is C18H17N3O5S. The molecule has 0 saturated carbocycles. The van der Waals surface area contributed by atoms with Gasteiger partial charge in [0.1, 0.15) is 10.7 Å². The van der Waals surface area contributed by atoms with Gasteiger partial charge in [0, 0.05) is 16.5 Å². The lowest BCUT2D eigenvalue weighted by Gasteiger charge is -2.10. The summed E-state index contributed by atoms with van der Waals surface area (Å²) in [5.74, 6) is -0.342. The van der Waals surface area contributed by atoms with Crippen LogP contribution in [-0.2, 0) is 12.8 Å². The number of hydrogen-bond donors (Lipinski definition) is 2. The maximum atomic E-state index is 12.7. The standard InChI is InChI=1S/C18H17N3O5S/c1-2-26-12-8-9(7-11(15(12)22)21(24)25)16-19-17(23)14-10-5-3-4-6-13(10)27-18(14)20-16/h7-8,22H,2-6H2,1H3,(H,19,20,23). The minimum atomic E-state index is -0.693. The molecule has 0 saturated heterocycles. The first kappa shape index (κ1) is 17.5. The normalized spacial score (nSPS) is 13.5. The Hall–Kier alpha value is -2.94. The minimum Gasteiger partial charge on any atom is -0.500 e. The van der Waals surface area contributed by atoms with Crippen LogP contribution < -0.4 is 10.3 Å². The van der Waals surface area contributed by atoms with Crippen molar-refractivity contribution in [2.24, 2.45) is 0 Å². The third-order valence-electron chi connectivity index (χ3n) is 4.65. The third kappa shape index (κ3) is 2.93. The number of rotatable bonds is 4. The molecular weight excluding hydrogens is 370 g/mol. The molecule has 0 amide bonds. The number of fused-ring (bicyclic) bond motifs is 3. The van der Waals surface area contributed by atoms with Crippen LogP contribution >= 0.6 is 11.3 Å². The average molecular weight is 387 g/mol. The summed E-state index contributed by atoms with van der Waals surface area (Å²) in [6, 6.07) is 2.64. The number of nitro benzene ring substituents is 1. The van der Waals surface area contributed by atoms with Crippen molar-refractivity contribution in [3.8, 4) is 22.9 Å². The first-order valence-electron chi connectivity index (χ1n) is 8.68. The van der Waals surface area contributed by atoms with Crippen molar-refractivity contribution in [1.82, 2.24) is 9.97 Å². The second kappa shape index (κ2) is 6.66. The maximum absolute atomic E-state index is 12.7. The Labute approximate surface area is 157 Å². The van der Waals surface area contributed by atoms with E-state index in [2.05, 4.69) is 9.97 Å². The number of ether oxygens (including phenoxy) is 1. The quantitative estimate of drug-likeness (QED) is 0.522. The molecule has 1 aromatic carbocycles. The van der Waals surface area contributed by atoms with Gasteiger partial charge in [-0.25, -0.2) is 4.98 Å². The molecule has 2 heterocycles. The Morgan fingerprint density at radius 3 is 2.89 bits per heavy atom. The predicted octanol–water partition coefficient (Wildman–Crippen LogP) is 3.54. The van der Waals surface area contributed by atoms with Crippen molar-refractivity contribution in [3.05, 3.63) is 43.0 Å². The molecule has 0 fully saturated rings. The van der Waals surface area contributed by atoms with Crippen molar-refractivity contribution in [1.29, 1.82) is 0 Å². The Balaban J connectivity index is 1.92. The van der Waals surface area contributed by atoms with Crippen molar-refractivity contribution in [2.45, 2.75) is 32.6 Å². The van der Waals surface area contributed by atoms with Crippen LogP contribution in [-0.4, -0.2) is 26.6 Å². The van der Waals surface area contributed by atoms with Gasteiger partial charge < -0.3 is 14.8 Å². The number of aromatic hydroxyl groups is 1. The summed E-state index contributed by atoms with van der Waals surface area (Å²) in [5.41, 5.74) is 0.647. The molecule has 0 radical (unpaired) electrons. The first-order chi connectivity index (χ1) is 13.0. The Morgan fingerprint density at radius 2 is 2.15 bits per heavy atom. The van der Waals surface area contributed by atoms with Crippen molar-refractivity contribution in [3.63, 3.8) is 0 Å². The van der Waals surface area contributed by atoms with E-state index in [4.69, 9.17) is 4.74 Å². The van der Waals surface area contributed by atoms with Gasteiger partial charge in [-0.1, -0.05) is 0 Å². The topological polar surface area (TPSA) is 118 Å². The van der Waals surface area contributed by atoms with Gasteiger partial charge in [0.2, 0.25) is 5.75 Å². The van der Waals surface area contributed by atoms with Crippen molar-refractivity contribution < 1.29 is 14.8 Å². The number of nitro groups is 1. The second-order valence-corrected chi connectivity index (χ2v) is 7.42. The van der Waals surface area contributed by atoms with Crippen LogP contribution in [0.3, 0.4) is 0 Å². The highest BCUT2D eigenvalue weighted by atomic mass is 32.1. The highest BCUT2D eigenvalue weighted by molar-refractivity contribution is 7.18. The van der Waals surface area contributed by atoms with Crippen LogP contribution in [0.1, 0.15) is 30.2 Å². The molecule has 1 aliphatic carbocycles. The average Bonchev–Trinajstić information content (AvgIpc) is 3.02. The van der Waals surface area contributed by atoms with E-state index in [1.807, 2.05) is 0 Å². The molecule has 140 valence electrons. The number of aromatic amines is 1. The molecule has 4 rings (SSSR count). The fourth-order valence-electron chi connectivity index (χ4n) is 3.44. The zero-order chi connectivity index (χ0) is 19.1. The van der Waals surface area contributed by atoms with Crippen LogP contribution in [0.2, 0.25) is 0 Å². The van der Waals surface area contributed by atoms with Crippen LogP contribution in [0.15, 0.2) is 16.9 Å². The highest BCUT2D eigenvalue weighted by Crippen LogP contribution is 2.40. The third-order valence-corrected chi connectivity index (χ3v) is 5.84. The van der Waals surface area contributed by atoms with E-state index in [1.165, 1.54) is 28.3 Å². The number of nitrogens with one attached hydrogen (secondary N) is 1. The van der Waals surface area contributed by atoms with Gasteiger partial charge in [-0.15, -0.1) is 11.3 Å². The molecule has 0 bridgehead atoms. The van der Waals surface area contributed by atoms with Crippen LogP contribution in [0.5, 0.6) is 11.5 Å². The molecule has 0 atom stereocenters. The molecule has 1 aliphatic rings. The SMILES string of the molecule is CCOc1cc(-c2nc3sc4c(c3c(=O)[nH]2)CCCC4)cc([N+](=O)[O-])c1O. The minimum absolute atomic E-state index is 0.0186. The van der Waals surface area contributed by atoms with Gasteiger partial charge in [0.15, 0.2) is 5.75 Å². The number of benzene rings is 1. The van der Waals surface area contributed by atoms with Crippen molar-refractivity contribution in [2.75, 3.05) is 6.61 Å². The number of nitrogens with zero attached hydrogens (tertiary/aromatic N) is 2. The van der Waals surface area contributed by atoms with E-state index < -0.39 is 16.4 Å². The summed E-state index contributed by atoms with van der Waals surface area (Å²) in [7, 11) is 0. The molecule has 2 aromatic heterocycles. The smallest absolute Gasteiger partial charge is 0.315 e. The number of thiophene rings is 1. The van der Waals surface area contributed by atoms with E-state index in [0.29, 0.717) is 15.8 Å². The summed E-state index contributed by atoms with van der Waals surface area (Å²) in [4.78, 5) is 32.4. The summed E-state index contributed by atoms with van der Waals surface area (Å²) in [6.07, 6.45) is 3.98. The number of hydrogen-bond acceptors (Lipinski definition) is 7. The molecule has 9 heteroatoms. The van der Waals surface area contributed by atoms with Gasteiger partial charge in [-0.2, -0.15) is 0 Å². The number of phenols is 1. The molecule has 0 spiro atoms. The molecule has 3 aromatic rings. The summed E-state index contributed by atoms with van der Waals surface area (Å²) < 4.78 is 5.30. The lowest BCUT2D eigenvalue weighted by Crippen LogP contribution is -2.11. The fraction of sp³-hybridized carbons (Fsp3) is 0.333. The van der Waals surface area contributed by atoms with Gasteiger partial charge >= 0.3 is 5.69 Å². The Morgan fingerprint density at radius 1 is 1.37 bits per heavy atom. The summed E-state index contributed by atoms with van der Waals surface area (Å²) >= 11 is 1.51. The zero-order valence-corrected chi connectivity index (χ0v) is 15.4. The molecule has 8 nitrogen and oxygen atoms in total. The predicted molar refractivity (Wildman–Crippen MR) is 102 cm³/mol. The molecule has 0 aliphatic heterocycles. The molecule has 27 heavy (non-hydrogen) atoms. The number of aromatic nitrogens is 2. The van der Waals surface area contributed by atoms with Crippen molar-refractivity contribution >= 4 is 27.2 Å². The van der Waals surface area contributed by atoms with Crippen LogP contribution in [0.25, 0.3) is 21.6 Å². The molecule has 2 N–H and O–H groups in total. The maximum Gasteiger partial charge on any atom is 0.315 e. The first-order valence-corrected chi connectivity index (χ1v) is 9.50. The van der Waals surface area contributed by atoms with E-state index in [9.17, 15) is 20.0 Å². The van der Waals surface area contributed by atoms with Crippen LogP contribution in [0, 0.1) is 10.1 Å². The number of aryl methyl sites for hydroxylation is 2. The van der Waals surface area contributed by atoms with Gasteiger partial charge in [-0.05, 0) is 44.2 Å². The monoisotopic (exact) mass is 387 g/mol. The van der Waals surface area contributed by atoms with E-state index in [1.54, 1.807) is 6.92 Å². The Kier molecular flexibility index (Phi) is 4.31. The van der Waals surface area contributed by atoms with E-state index in [0.717, 1.165) is 31.2 Å². The lowest BCUT2D eigenvalue weighted by molar-refractivity contribution is -0.385.